The SMILES string of the molecule is CCNC(=O)Nc1ncnc2c1ncn2N.O=NP(=O)(O)OC[C@H]1OC[C@H]2OC(C#Cc3ccccc3)OC12. The van der Waals surface area contributed by atoms with Gasteiger partial charge in [-0.2, -0.15) is 0 Å². The maximum Gasteiger partial charge on any atom is 0.487 e. The van der Waals surface area contributed by atoms with Crippen molar-refractivity contribution < 1.29 is 33.0 Å². The summed E-state index contributed by atoms with van der Waals surface area (Å²) in [6.45, 7) is 2.32. The Kier molecular flexibility index (Phi) is 9.15. The molecule has 3 unspecified atom stereocenters. The average Bonchev–Trinajstić information content (AvgIpc) is 3.63. The number of nitrogens with one attached hydrogen (secondary N) is 2. The molecular formula is C22H25N8O8P. The van der Waals surface area contributed by atoms with Gasteiger partial charge in [0, 0.05) is 17.1 Å². The predicted molar refractivity (Wildman–Crippen MR) is 136 cm³/mol. The quantitative estimate of drug-likeness (QED) is 0.144. The van der Waals surface area contributed by atoms with Crippen molar-refractivity contribution in [2.24, 2.45) is 4.95 Å². The molecule has 0 aliphatic carbocycles. The lowest BCUT2D eigenvalue weighted by Gasteiger charge is -2.16. The Morgan fingerprint density at radius 2 is 2.10 bits per heavy atom. The molecule has 16 nitrogen and oxygen atoms in total. The van der Waals surface area contributed by atoms with Crippen LogP contribution in [0.4, 0.5) is 10.6 Å². The first-order valence-corrected chi connectivity index (χ1v) is 13.1. The van der Waals surface area contributed by atoms with Crippen molar-refractivity contribution in [2.45, 2.75) is 31.5 Å². The third-order valence-corrected chi connectivity index (χ3v) is 6.02. The van der Waals surface area contributed by atoms with Crippen LogP contribution in [0.2, 0.25) is 0 Å². The second-order valence-corrected chi connectivity index (χ2v) is 9.42. The van der Waals surface area contributed by atoms with Crippen LogP contribution < -0.4 is 16.5 Å². The molecule has 2 aliphatic heterocycles. The molecule has 2 aromatic heterocycles. The highest BCUT2D eigenvalue weighted by molar-refractivity contribution is 7.51. The minimum absolute atomic E-state index is 0.256. The van der Waals surface area contributed by atoms with Crippen LogP contribution in [0, 0.1) is 16.7 Å². The number of rotatable bonds is 6. The number of hydrogen-bond acceptors (Lipinski definition) is 11. The fraction of sp³-hybridized carbons (Fsp3) is 0.364. The minimum atomic E-state index is -4.47. The summed E-state index contributed by atoms with van der Waals surface area (Å²) in [6, 6.07) is 9.05. The van der Waals surface area contributed by atoms with Crippen molar-refractivity contribution in [3.8, 4) is 11.8 Å². The lowest BCUT2D eigenvalue weighted by atomic mass is 10.2. The predicted octanol–water partition coefficient (Wildman–Crippen LogP) is 1.11. The molecule has 206 valence electrons. The Balaban J connectivity index is 0.000000193. The van der Waals surface area contributed by atoms with Crippen molar-refractivity contribution >= 4 is 30.8 Å². The number of anilines is 1. The highest BCUT2D eigenvalue weighted by Crippen LogP contribution is 2.44. The lowest BCUT2D eigenvalue weighted by Crippen LogP contribution is -2.31. The number of ether oxygens (including phenoxy) is 3. The number of carbonyl (C=O) groups excluding carboxylic acids is 1. The van der Waals surface area contributed by atoms with E-state index in [2.05, 4.69) is 42.0 Å². The molecular weight excluding hydrogens is 535 g/mol. The van der Waals surface area contributed by atoms with Crippen molar-refractivity contribution in [3.05, 3.63) is 53.5 Å². The molecule has 5 rings (SSSR count). The van der Waals surface area contributed by atoms with Gasteiger partial charge in [-0.05, 0) is 25.0 Å². The third-order valence-electron chi connectivity index (χ3n) is 5.33. The molecule has 2 saturated heterocycles. The number of benzene rings is 1. The zero-order valence-electron chi connectivity index (χ0n) is 20.5. The first kappa shape index (κ1) is 28.0. The monoisotopic (exact) mass is 560 g/mol. The Morgan fingerprint density at radius 1 is 1.31 bits per heavy atom. The number of urea groups is 1. The summed E-state index contributed by atoms with van der Waals surface area (Å²) in [5.74, 6) is 11.7. The summed E-state index contributed by atoms with van der Waals surface area (Å²) in [4.78, 5) is 44.3. The van der Waals surface area contributed by atoms with Gasteiger partial charge in [0.05, 0.1) is 13.2 Å². The van der Waals surface area contributed by atoms with Gasteiger partial charge < -0.3 is 30.3 Å². The number of nitrogens with two attached hydrogens (primary N) is 1. The van der Waals surface area contributed by atoms with Gasteiger partial charge in [0.1, 0.15) is 31.0 Å². The number of nitroso groups, excluding NO2 is 1. The molecule has 4 heterocycles. The molecule has 5 atom stereocenters. The summed E-state index contributed by atoms with van der Waals surface area (Å²) in [5.41, 5.74) is 1.75. The Labute approximate surface area is 221 Å². The third kappa shape index (κ3) is 7.33. The summed E-state index contributed by atoms with van der Waals surface area (Å²) in [6.07, 6.45) is 0.585. The zero-order chi connectivity index (χ0) is 27.8. The van der Waals surface area contributed by atoms with Crippen molar-refractivity contribution in [2.75, 3.05) is 30.9 Å². The van der Waals surface area contributed by atoms with E-state index < -0.39 is 26.2 Å². The van der Waals surface area contributed by atoms with E-state index in [0.717, 1.165) is 5.56 Å². The first-order chi connectivity index (χ1) is 18.8. The van der Waals surface area contributed by atoms with Crippen LogP contribution >= 0.6 is 7.75 Å². The van der Waals surface area contributed by atoms with E-state index in [-0.39, 0.29) is 25.3 Å². The van der Waals surface area contributed by atoms with Gasteiger partial charge in [-0.15, -0.1) is 4.91 Å². The van der Waals surface area contributed by atoms with Gasteiger partial charge in [0.2, 0.25) is 6.29 Å². The maximum atomic E-state index is 11.3. The fourth-order valence-electron chi connectivity index (χ4n) is 3.60. The molecule has 2 aliphatic rings. The van der Waals surface area contributed by atoms with E-state index in [4.69, 9.17) is 24.9 Å². The normalized spacial score (nSPS) is 22.9. The van der Waals surface area contributed by atoms with Crippen molar-refractivity contribution in [1.29, 1.82) is 0 Å². The number of nitrogen functional groups attached to an aromatic ring is 1. The topological polar surface area (TPSA) is 214 Å². The van der Waals surface area contributed by atoms with Gasteiger partial charge >= 0.3 is 13.8 Å². The molecule has 17 heteroatoms. The van der Waals surface area contributed by atoms with Crippen LogP contribution in [0.25, 0.3) is 11.2 Å². The zero-order valence-corrected chi connectivity index (χ0v) is 21.4. The minimum Gasteiger partial charge on any atom is -0.370 e. The van der Waals surface area contributed by atoms with E-state index in [1.807, 2.05) is 42.2 Å². The van der Waals surface area contributed by atoms with Gasteiger partial charge in [0.25, 0.3) is 0 Å². The van der Waals surface area contributed by atoms with Gasteiger partial charge in [-0.3, -0.25) is 9.84 Å². The number of amides is 2. The number of carbonyl (C=O) groups is 1. The van der Waals surface area contributed by atoms with Crippen molar-refractivity contribution in [1.82, 2.24) is 24.9 Å². The highest BCUT2D eigenvalue weighted by Gasteiger charge is 2.47. The van der Waals surface area contributed by atoms with Crippen LogP contribution in [-0.2, 0) is 23.3 Å². The van der Waals surface area contributed by atoms with E-state index in [1.165, 1.54) is 17.3 Å². The Hall–Kier alpha value is -3.97. The molecule has 0 radical (unpaired) electrons. The standard InChI is InChI=1S/C14H14NO7P.C8H11N7O/c16-15-23(17,18)20-9-11-14-12(8-19-11)21-13(22-14)7-6-10-4-2-1-3-5-10;1-2-10-8(16)14-6-5-7(12-3-11-6)15(9)4-13-5/h1-5,11-14H,8-9H2,(H,17,18);3-4H,2,9H2,1H3,(H2,10,11,12,14,16)/t11-,12-,13?,14?;/m1./s1. The summed E-state index contributed by atoms with van der Waals surface area (Å²) in [5, 5.41) is 5.16. The number of hydrogen-bond donors (Lipinski definition) is 4. The average molecular weight is 560 g/mol. The molecule has 5 N–H and O–H groups in total. The Morgan fingerprint density at radius 3 is 2.85 bits per heavy atom. The Bertz CT molecular complexity index is 1410. The molecule has 0 spiro atoms. The van der Waals surface area contributed by atoms with Crippen LogP contribution in [0.15, 0.2) is 47.9 Å². The van der Waals surface area contributed by atoms with Gasteiger partial charge in [-0.25, -0.2) is 29.0 Å². The maximum absolute atomic E-state index is 11.3. The number of aromatic nitrogens is 4. The number of nitrogens with zero attached hydrogens (tertiary/aromatic N) is 5. The second kappa shape index (κ2) is 12.7. The van der Waals surface area contributed by atoms with Crippen molar-refractivity contribution in [3.63, 3.8) is 0 Å². The number of fused-ring (bicyclic) bond motifs is 2. The fourth-order valence-corrected chi connectivity index (χ4v) is 3.99. The molecule has 1 aromatic carbocycles. The van der Waals surface area contributed by atoms with E-state index in [0.29, 0.717) is 23.5 Å². The molecule has 0 bridgehead atoms. The van der Waals surface area contributed by atoms with E-state index in [1.54, 1.807) is 0 Å². The molecule has 3 aromatic rings. The molecule has 2 fully saturated rings. The second-order valence-electron chi connectivity index (χ2n) is 8.01. The summed E-state index contributed by atoms with van der Waals surface area (Å²) < 4.78 is 33.5. The lowest BCUT2D eigenvalue weighted by molar-refractivity contribution is -0.0864. The highest BCUT2D eigenvalue weighted by atomic mass is 31.2. The smallest absolute Gasteiger partial charge is 0.370 e. The number of imidazole rings is 1. The van der Waals surface area contributed by atoms with Crippen LogP contribution in [-0.4, -0.2) is 74.9 Å². The van der Waals surface area contributed by atoms with Crippen LogP contribution in [0.3, 0.4) is 0 Å². The largest absolute Gasteiger partial charge is 0.487 e. The molecule has 39 heavy (non-hydrogen) atoms. The van der Waals surface area contributed by atoms with Gasteiger partial charge in [-0.1, -0.05) is 24.1 Å². The first-order valence-electron chi connectivity index (χ1n) is 11.6. The van der Waals surface area contributed by atoms with Crippen LogP contribution in [0.5, 0.6) is 0 Å². The summed E-state index contributed by atoms with van der Waals surface area (Å²) >= 11 is 0. The van der Waals surface area contributed by atoms with E-state index in [9.17, 15) is 14.3 Å². The van der Waals surface area contributed by atoms with Crippen LogP contribution in [0.1, 0.15) is 12.5 Å². The molecule has 0 saturated carbocycles. The molecule has 2 amide bonds. The summed E-state index contributed by atoms with van der Waals surface area (Å²) in [7, 11) is -4.47. The van der Waals surface area contributed by atoms with Gasteiger partial charge in [0.15, 0.2) is 17.0 Å². The van der Waals surface area contributed by atoms with E-state index >= 15 is 0 Å².